The summed E-state index contributed by atoms with van der Waals surface area (Å²) in [5.41, 5.74) is 2.55. The van der Waals surface area contributed by atoms with Crippen LogP contribution in [0.2, 0.25) is 19.6 Å². The molecule has 0 radical (unpaired) electrons. The van der Waals surface area contributed by atoms with E-state index in [0.29, 0.717) is 0 Å². The second-order valence-electron chi connectivity index (χ2n) is 6.00. The summed E-state index contributed by atoms with van der Waals surface area (Å²) in [4.78, 5) is 1.30. The van der Waals surface area contributed by atoms with Crippen LogP contribution in [0.25, 0.3) is 0 Å². The number of benzene rings is 2. The Hall–Kier alpha value is -1.19. The lowest BCUT2D eigenvalue weighted by Gasteiger charge is -2.17. The average molecular weight is 302 g/mol. The van der Waals surface area contributed by atoms with Gasteiger partial charge in [0.15, 0.2) is 0 Å². The Balaban J connectivity index is 2.04. The first-order valence-electron chi connectivity index (χ1n) is 6.97. The van der Waals surface area contributed by atoms with E-state index in [1.807, 2.05) is 0 Å². The lowest BCUT2D eigenvalue weighted by Crippen LogP contribution is -2.37. The average Bonchev–Trinajstić information content (AvgIpc) is 2.45. The van der Waals surface area contributed by atoms with Gasteiger partial charge >= 0.3 is 0 Å². The van der Waals surface area contributed by atoms with Crippen molar-refractivity contribution in [2.75, 3.05) is 11.6 Å². The minimum absolute atomic E-state index is 0.879. The molecule has 0 heterocycles. The molecule has 0 amide bonds. The van der Waals surface area contributed by atoms with Gasteiger partial charge in [-0.15, -0.1) is 11.8 Å². The highest BCUT2D eigenvalue weighted by Gasteiger charge is 2.15. The molecule has 0 saturated heterocycles. The summed E-state index contributed by atoms with van der Waals surface area (Å²) in [6.45, 7) is 8.03. The summed E-state index contributed by atoms with van der Waals surface area (Å²) in [6, 6.07) is 17.6. The Kier molecular flexibility index (Phi) is 4.94. The molecular formula is C17H23NSSi. The van der Waals surface area contributed by atoms with E-state index in [9.17, 15) is 0 Å². The summed E-state index contributed by atoms with van der Waals surface area (Å²) in [5.74, 6) is 0. The van der Waals surface area contributed by atoms with Crippen molar-refractivity contribution in [2.45, 2.75) is 31.1 Å². The van der Waals surface area contributed by atoms with E-state index in [4.69, 9.17) is 0 Å². The fraction of sp³-hybridized carbons (Fsp3) is 0.294. The number of rotatable bonds is 5. The van der Waals surface area contributed by atoms with Gasteiger partial charge in [-0.3, -0.25) is 0 Å². The number of hydrogen-bond donors (Lipinski definition) is 1. The second kappa shape index (κ2) is 6.51. The third kappa shape index (κ3) is 3.90. The molecule has 2 rings (SSSR count). The van der Waals surface area contributed by atoms with Gasteiger partial charge in [-0.2, -0.15) is 0 Å². The second-order valence-corrected chi connectivity index (χ2v) is 11.9. The first-order chi connectivity index (χ1) is 9.50. The Morgan fingerprint density at radius 1 is 0.950 bits per heavy atom. The van der Waals surface area contributed by atoms with Gasteiger partial charge in [-0.05, 0) is 24.0 Å². The molecule has 0 spiro atoms. The van der Waals surface area contributed by atoms with Crippen LogP contribution < -0.4 is 10.5 Å². The highest BCUT2D eigenvalue weighted by Crippen LogP contribution is 2.24. The summed E-state index contributed by atoms with van der Waals surface area (Å²) >= 11 is 1.78. The molecule has 0 aliphatic rings. The van der Waals surface area contributed by atoms with E-state index in [-0.39, 0.29) is 0 Å². The van der Waals surface area contributed by atoms with Gasteiger partial charge in [-0.1, -0.05) is 61.2 Å². The van der Waals surface area contributed by atoms with Gasteiger partial charge in [0.25, 0.3) is 0 Å². The van der Waals surface area contributed by atoms with Gasteiger partial charge in [0.1, 0.15) is 0 Å². The van der Waals surface area contributed by atoms with Crippen LogP contribution in [-0.4, -0.2) is 14.3 Å². The summed E-state index contributed by atoms with van der Waals surface area (Å²) in [6.07, 6.45) is 2.11. The Morgan fingerprint density at radius 3 is 2.20 bits per heavy atom. The molecule has 0 aromatic heterocycles. The summed E-state index contributed by atoms with van der Waals surface area (Å²) in [5, 5.41) is 5.05. The standard InChI is InChI=1S/C17H23NSSi/c1-19-17-8-6-5-7-16(17)18-13-14-9-11-15(12-10-14)20(2,3)4/h5-12,18H,13H2,1-4H3. The van der Waals surface area contributed by atoms with Crippen LogP contribution in [0.3, 0.4) is 0 Å². The molecule has 0 fully saturated rings. The molecule has 106 valence electrons. The maximum atomic E-state index is 3.53. The van der Waals surface area contributed by atoms with Gasteiger partial charge in [-0.25, -0.2) is 0 Å². The highest BCUT2D eigenvalue weighted by atomic mass is 32.2. The number of thioether (sulfide) groups is 1. The van der Waals surface area contributed by atoms with Crippen LogP contribution in [-0.2, 0) is 6.54 Å². The quantitative estimate of drug-likeness (QED) is 0.641. The van der Waals surface area contributed by atoms with Crippen molar-refractivity contribution in [3.63, 3.8) is 0 Å². The van der Waals surface area contributed by atoms with E-state index in [1.54, 1.807) is 11.8 Å². The zero-order valence-electron chi connectivity index (χ0n) is 12.7. The van der Waals surface area contributed by atoms with Crippen LogP contribution in [0.15, 0.2) is 53.4 Å². The SMILES string of the molecule is CSc1ccccc1NCc1ccc([Si](C)(C)C)cc1. The number of hydrogen-bond acceptors (Lipinski definition) is 2. The predicted octanol–water partition coefficient (Wildman–Crippen LogP) is 4.57. The predicted molar refractivity (Wildman–Crippen MR) is 95.0 cm³/mol. The smallest absolute Gasteiger partial charge is 0.0775 e. The Morgan fingerprint density at radius 2 is 1.60 bits per heavy atom. The van der Waals surface area contributed by atoms with Crippen molar-refractivity contribution in [2.24, 2.45) is 0 Å². The van der Waals surface area contributed by atoms with Crippen molar-refractivity contribution in [1.29, 1.82) is 0 Å². The molecule has 0 bridgehead atoms. The zero-order valence-corrected chi connectivity index (χ0v) is 14.6. The minimum atomic E-state index is -1.18. The largest absolute Gasteiger partial charge is 0.380 e. The van der Waals surface area contributed by atoms with Crippen LogP contribution in [0.1, 0.15) is 5.56 Å². The molecule has 20 heavy (non-hydrogen) atoms. The lowest BCUT2D eigenvalue weighted by atomic mass is 10.2. The Bertz CT molecular complexity index is 558. The number of para-hydroxylation sites is 1. The van der Waals surface area contributed by atoms with Crippen LogP contribution in [0.4, 0.5) is 5.69 Å². The molecule has 0 aliphatic carbocycles. The molecule has 2 aromatic carbocycles. The van der Waals surface area contributed by atoms with Gasteiger partial charge < -0.3 is 5.32 Å². The molecule has 3 heteroatoms. The van der Waals surface area contributed by atoms with E-state index >= 15 is 0 Å². The molecule has 0 unspecified atom stereocenters. The van der Waals surface area contributed by atoms with E-state index in [1.165, 1.54) is 21.3 Å². The molecule has 1 nitrogen and oxygen atoms in total. The van der Waals surface area contributed by atoms with E-state index < -0.39 is 8.07 Å². The maximum absolute atomic E-state index is 3.53. The van der Waals surface area contributed by atoms with Crippen molar-refractivity contribution >= 4 is 30.7 Å². The maximum Gasteiger partial charge on any atom is 0.0775 e. The van der Waals surface area contributed by atoms with Gasteiger partial charge in [0.05, 0.1) is 8.07 Å². The minimum Gasteiger partial charge on any atom is -0.380 e. The first kappa shape index (κ1) is 15.2. The normalized spacial score (nSPS) is 11.4. The molecule has 0 aliphatic heterocycles. The third-order valence-electron chi connectivity index (χ3n) is 3.41. The molecular weight excluding hydrogens is 278 g/mol. The zero-order chi connectivity index (χ0) is 14.6. The van der Waals surface area contributed by atoms with Crippen LogP contribution in [0.5, 0.6) is 0 Å². The molecule has 2 aromatic rings. The lowest BCUT2D eigenvalue weighted by molar-refractivity contribution is 1.13. The van der Waals surface area contributed by atoms with Crippen LogP contribution >= 0.6 is 11.8 Å². The fourth-order valence-corrected chi connectivity index (χ4v) is 3.85. The molecule has 1 N–H and O–H groups in total. The Labute approximate surface area is 127 Å². The molecule has 0 atom stereocenters. The van der Waals surface area contributed by atoms with Crippen molar-refractivity contribution < 1.29 is 0 Å². The van der Waals surface area contributed by atoms with E-state index in [0.717, 1.165) is 6.54 Å². The van der Waals surface area contributed by atoms with E-state index in [2.05, 4.69) is 79.7 Å². The third-order valence-corrected chi connectivity index (χ3v) is 6.27. The number of anilines is 1. The van der Waals surface area contributed by atoms with Crippen LogP contribution in [0, 0.1) is 0 Å². The highest BCUT2D eigenvalue weighted by molar-refractivity contribution is 7.98. The van der Waals surface area contributed by atoms with Gasteiger partial charge in [0, 0.05) is 17.1 Å². The first-order valence-corrected chi connectivity index (χ1v) is 11.7. The number of nitrogens with one attached hydrogen (secondary N) is 1. The topological polar surface area (TPSA) is 12.0 Å². The van der Waals surface area contributed by atoms with Gasteiger partial charge in [0.2, 0.25) is 0 Å². The van der Waals surface area contributed by atoms with Crippen molar-refractivity contribution in [1.82, 2.24) is 0 Å². The fourth-order valence-electron chi connectivity index (χ4n) is 2.11. The molecule has 0 saturated carbocycles. The summed E-state index contributed by atoms with van der Waals surface area (Å²) in [7, 11) is -1.18. The van der Waals surface area contributed by atoms with Crippen molar-refractivity contribution in [3.05, 3.63) is 54.1 Å². The van der Waals surface area contributed by atoms with Crippen molar-refractivity contribution in [3.8, 4) is 0 Å². The monoisotopic (exact) mass is 301 g/mol. The summed E-state index contributed by atoms with van der Waals surface area (Å²) < 4.78 is 0.